The summed E-state index contributed by atoms with van der Waals surface area (Å²) in [7, 11) is -17.9. The third kappa shape index (κ3) is 9.92. The SMILES string of the molecule is Nc1ncnc2c1c(-c1ccc(F)cc1)cn2[C@@H]1O[C@H](COP(=O)([O-])OP(=O)([O-])OP(=O)([O-])O)C(O)[C@@H]1O.[Na+].[Na+].[Na+]. The van der Waals surface area contributed by atoms with Crippen LogP contribution in [0.2, 0.25) is 0 Å². The molecule has 3 aromatic rings. The van der Waals surface area contributed by atoms with E-state index in [2.05, 4.69) is 23.1 Å². The van der Waals surface area contributed by atoms with Crippen LogP contribution < -0.4 is 109 Å². The van der Waals surface area contributed by atoms with Crippen LogP contribution in [0, 0.1) is 5.82 Å². The number of hydrogen-bond donors (Lipinski definition) is 4. The van der Waals surface area contributed by atoms with E-state index in [-0.39, 0.29) is 100 Å². The molecule has 1 aromatic carbocycles. The number of anilines is 1. The second-order valence-corrected chi connectivity index (χ2v) is 12.1. The van der Waals surface area contributed by atoms with Crippen molar-refractivity contribution < 1.29 is 154 Å². The van der Waals surface area contributed by atoms with Crippen molar-refractivity contribution in [2.24, 2.45) is 0 Å². The van der Waals surface area contributed by atoms with Gasteiger partial charge in [0.05, 0.1) is 12.0 Å². The van der Waals surface area contributed by atoms with Crippen molar-refractivity contribution in [2.45, 2.75) is 24.5 Å². The first-order valence-corrected chi connectivity index (χ1v) is 14.6. The number of halogens is 1. The Morgan fingerprint density at radius 3 is 2.20 bits per heavy atom. The van der Waals surface area contributed by atoms with Gasteiger partial charge < -0.3 is 49.3 Å². The molecule has 2 aromatic heterocycles. The van der Waals surface area contributed by atoms with Crippen molar-refractivity contribution in [1.82, 2.24) is 14.5 Å². The number of benzene rings is 1. The molecule has 1 aliphatic rings. The van der Waals surface area contributed by atoms with Gasteiger partial charge >= 0.3 is 88.7 Å². The van der Waals surface area contributed by atoms with E-state index in [0.29, 0.717) is 16.5 Å². The summed E-state index contributed by atoms with van der Waals surface area (Å²) >= 11 is 0. The van der Waals surface area contributed by atoms with E-state index in [4.69, 9.17) is 15.4 Å². The molecule has 208 valence electrons. The molecule has 0 saturated carbocycles. The molecule has 0 radical (unpaired) electrons. The van der Waals surface area contributed by atoms with Crippen LogP contribution in [0.1, 0.15) is 6.23 Å². The Bertz CT molecular complexity index is 1500. The van der Waals surface area contributed by atoms with Crippen LogP contribution in [0.5, 0.6) is 0 Å². The third-order valence-corrected chi connectivity index (χ3v) is 8.90. The molecule has 4 unspecified atom stereocenters. The molecule has 3 heterocycles. The zero-order valence-corrected chi connectivity index (χ0v) is 30.2. The van der Waals surface area contributed by atoms with Crippen LogP contribution in [-0.2, 0) is 31.6 Å². The molecule has 1 aliphatic heterocycles. The number of ether oxygens (including phenoxy) is 1. The number of nitrogens with zero attached hydrogens (tertiary/aromatic N) is 3. The third-order valence-electron chi connectivity index (χ3n) is 5.21. The summed E-state index contributed by atoms with van der Waals surface area (Å²) in [6, 6.07) is 5.29. The van der Waals surface area contributed by atoms with E-state index < -0.39 is 60.4 Å². The molecule has 1 saturated heterocycles. The fourth-order valence-electron chi connectivity index (χ4n) is 3.70. The Morgan fingerprint density at radius 2 is 1.61 bits per heavy atom. The maximum absolute atomic E-state index is 13.4. The van der Waals surface area contributed by atoms with Crippen LogP contribution in [0.4, 0.5) is 10.2 Å². The molecule has 24 heteroatoms. The molecule has 0 aliphatic carbocycles. The van der Waals surface area contributed by atoms with Gasteiger partial charge in [0.2, 0.25) is 0 Å². The van der Waals surface area contributed by atoms with Crippen molar-refractivity contribution in [3.63, 3.8) is 0 Å². The van der Waals surface area contributed by atoms with Gasteiger partial charge in [-0.15, -0.1) is 0 Å². The molecule has 1 fully saturated rings. The zero-order chi connectivity index (χ0) is 28.0. The molecular formula is C17H17FN4Na3O13P3. The number of aromatic nitrogens is 3. The average Bonchev–Trinajstić information content (AvgIpc) is 3.29. The maximum atomic E-state index is 13.4. The number of fused-ring (bicyclic) bond motifs is 1. The van der Waals surface area contributed by atoms with Crippen LogP contribution in [0.3, 0.4) is 0 Å². The second kappa shape index (κ2) is 15.4. The van der Waals surface area contributed by atoms with E-state index in [1.807, 2.05) is 0 Å². The van der Waals surface area contributed by atoms with E-state index in [1.165, 1.54) is 35.0 Å². The van der Waals surface area contributed by atoms with Gasteiger partial charge in [0.15, 0.2) is 6.23 Å². The van der Waals surface area contributed by atoms with Crippen molar-refractivity contribution in [2.75, 3.05) is 12.3 Å². The largest absolute Gasteiger partial charge is 1.00 e. The number of aliphatic hydroxyl groups excluding tert-OH is 2. The molecule has 0 spiro atoms. The van der Waals surface area contributed by atoms with Crippen molar-refractivity contribution in [1.29, 1.82) is 0 Å². The van der Waals surface area contributed by atoms with Crippen LogP contribution in [0.15, 0.2) is 36.8 Å². The summed E-state index contributed by atoms with van der Waals surface area (Å²) in [4.78, 5) is 50.1. The first kappa shape index (κ1) is 39.9. The van der Waals surface area contributed by atoms with Crippen LogP contribution in [0.25, 0.3) is 22.2 Å². The van der Waals surface area contributed by atoms with Gasteiger partial charge in [-0.25, -0.2) is 23.0 Å². The van der Waals surface area contributed by atoms with E-state index in [1.54, 1.807) is 0 Å². The summed E-state index contributed by atoms with van der Waals surface area (Å²) in [5.41, 5.74) is 7.03. The van der Waals surface area contributed by atoms with Gasteiger partial charge in [-0.1, -0.05) is 12.1 Å². The fourth-order valence-corrected chi connectivity index (χ4v) is 6.60. The first-order valence-electron chi connectivity index (χ1n) is 10.2. The number of rotatable bonds is 9. The van der Waals surface area contributed by atoms with Crippen molar-refractivity contribution in [3.8, 4) is 11.1 Å². The molecule has 4 rings (SSSR count). The molecule has 0 bridgehead atoms. The van der Waals surface area contributed by atoms with Gasteiger partial charge in [0.25, 0.3) is 23.5 Å². The van der Waals surface area contributed by atoms with Gasteiger partial charge in [0, 0.05) is 11.8 Å². The maximum Gasteiger partial charge on any atom is 1.00 e. The average molecular weight is 666 g/mol. The number of hydrogen-bond acceptors (Lipinski definition) is 15. The summed E-state index contributed by atoms with van der Waals surface area (Å²) in [5.74, 6) is -0.472. The number of phosphoric acid groups is 3. The molecule has 41 heavy (non-hydrogen) atoms. The minimum Gasteiger partial charge on any atom is -0.756 e. The molecule has 17 nitrogen and oxygen atoms in total. The Hall–Kier alpha value is 0.860. The summed E-state index contributed by atoms with van der Waals surface area (Å²) in [6.07, 6.45) is -3.97. The van der Waals surface area contributed by atoms with Crippen LogP contribution in [-0.4, -0.2) is 54.6 Å². The predicted octanol–water partition coefficient (Wildman–Crippen LogP) is -10.1. The van der Waals surface area contributed by atoms with E-state index >= 15 is 0 Å². The monoisotopic (exact) mass is 666 g/mol. The Labute approximate surface area is 296 Å². The quantitative estimate of drug-likeness (QED) is 0.122. The summed E-state index contributed by atoms with van der Waals surface area (Å²) < 4.78 is 64.9. The zero-order valence-electron chi connectivity index (χ0n) is 21.5. The number of nitrogen functional groups attached to an aromatic ring is 1. The normalized spacial score (nSPS) is 24.7. The van der Waals surface area contributed by atoms with E-state index in [9.17, 15) is 43.0 Å². The smallest absolute Gasteiger partial charge is 0.756 e. The van der Waals surface area contributed by atoms with Crippen LogP contribution >= 0.6 is 23.5 Å². The van der Waals surface area contributed by atoms with Gasteiger partial charge in [-0.2, -0.15) is 0 Å². The number of phosphoric ester groups is 1. The Balaban J connectivity index is 0.00000280. The van der Waals surface area contributed by atoms with Gasteiger partial charge in [-0.05, 0) is 17.7 Å². The number of aliphatic hydroxyl groups is 2. The van der Waals surface area contributed by atoms with Crippen molar-refractivity contribution in [3.05, 3.63) is 42.6 Å². The number of nitrogens with two attached hydrogens (primary N) is 1. The molecule has 5 N–H and O–H groups in total. The predicted molar refractivity (Wildman–Crippen MR) is 116 cm³/mol. The molecule has 0 amide bonds. The topological polar surface area (TPSA) is 275 Å². The summed E-state index contributed by atoms with van der Waals surface area (Å²) in [6.45, 7) is -1.11. The van der Waals surface area contributed by atoms with Crippen molar-refractivity contribution >= 4 is 40.3 Å². The first-order chi connectivity index (χ1) is 17.6. The Morgan fingerprint density at radius 1 is 1.00 bits per heavy atom. The van der Waals surface area contributed by atoms with Gasteiger partial charge in [-0.3, -0.25) is 13.7 Å². The van der Waals surface area contributed by atoms with E-state index in [0.717, 1.165) is 6.33 Å². The molecular weight excluding hydrogens is 649 g/mol. The molecule has 7 atom stereocenters. The van der Waals surface area contributed by atoms with Gasteiger partial charge in [0.1, 0.15) is 41.9 Å². The minimum atomic E-state index is -6.13. The Kier molecular flexibility index (Phi) is 15.0. The second-order valence-electron chi connectivity index (χ2n) is 7.78. The summed E-state index contributed by atoms with van der Waals surface area (Å²) in [5, 5.41) is 21.3. The minimum absolute atomic E-state index is 0. The fraction of sp³-hybridized carbons (Fsp3) is 0.294. The standard InChI is InChI=1S/C17H20FN4O13P3.3Na/c18-9-3-1-8(2-4-9)10-5-22(16-12(10)15(19)20-7-21-16)17-14(24)13(23)11(33-17)6-32-37(28,29)35-38(30,31)34-36(25,26)27;;;/h1-5,7,11,13-14,17,23-24H,6H2,(H,28,29)(H,30,31)(H2,19,20,21)(H2,25,26,27);;;/q;3*+1/p-3/t11-,13?,14+,17-;;;/m1.../s1.